The topological polar surface area (TPSA) is 50.4 Å². The van der Waals surface area contributed by atoms with Gasteiger partial charge in [0.2, 0.25) is 5.91 Å². The van der Waals surface area contributed by atoms with E-state index in [0.717, 1.165) is 32.4 Å². The second kappa shape index (κ2) is 10.5. The van der Waals surface area contributed by atoms with Crippen LogP contribution in [0.1, 0.15) is 47.0 Å². The third kappa shape index (κ3) is 11.6. The first-order valence-corrected chi connectivity index (χ1v) is 6.68. The fourth-order valence-electron chi connectivity index (χ4n) is 1.25. The summed E-state index contributed by atoms with van der Waals surface area (Å²) in [4.78, 5) is 11.4. The Kier molecular flexibility index (Phi) is 10.2. The van der Waals surface area contributed by atoms with E-state index in [2.05, 4.69) is 24.5 Å². The fraction of sp³-hybridized carbons (Fsp3) is 0.923. The highest BCUT2D eigenvalue weighted by atomic mass is 16.5. The number of nitrogens with one attached hydrogen (secondary N) is 2. The maximum Gasteiger partial charge on any atom is 0.233 e. The molecule has 0 aliphatic heterocycles. The van der Waals surface area contributed by atoms with E-state index in [1.165, 1.54) is 0 Å². The van der Waals surface area contributed by atoms with Gasteiger partial charge in [0.1, 0.15) is 0 Å². The Bertz CT molecular complexity index is 196. The summed E-state index contributed by atoms with van der Waals surface area (Å²) in [6.07, 6.45) is 3.31. The van der Waals surface area contributed by atoms with Gasteiger partial charge in [0.25, 0.3) is 0 Å². The summed E-state index contributed by atoms with van der Waals surface area (Å²) >= 11 is 0. The molecular formula is C13H28N2O2. The molecule has 0 bridgehead atoms. The molecule has 17 heavy (non-hydrogen) atoms. The van der Waals surface area contributed by atoms with Crippen LogP contribution < -0.4 is 10.6 Å². The first-order chi connectivity index (χ1) is 8.06. The second-order valence-electron chi connectivity index (χ2n) is 4.67. The van der Waals surface area contributed by atoms with Crippen LogP contribution in [0.15, 0.2) is 0 Å². The Morgan fingerprint density at radius 3 is 2.53 bits per heavy atom. The monoisotopic (exact) mass is 244 g/mol. The van der Waals surface area contributed by atoms with Gasteiger partial charge in [-0.15, -0.1) is 0 Å². The fourth-order valence-corrected chi connectivity index (χ4v) is 1.25. The molecule has 0 aliphatic carbocycles. The van der Waals surface area contributed by atoms with Crippen LogP contribution in [0.5, 0.6) is 0 Å². The number of rotatable bonds is 10. The van der Waals surface area contributed by atoms with Crippen LogP contribution >= 0.6 is 0 Å². The van der Waals surface area contributed by atoms with Crippen molar-refractivity contribution in [1.29, 1.82) is 0 Å². The Hall–Kier alpha value is -0.610. The van der Waals surface area contributed by atoms with Crippen LogP contribution in [0.2, 0.25) is 0 Å². The molecule has 4 nitrogen and oxygen atoms in total. The van der Waals surface area contributed by atoms with Crippen LogP contribution in [0.4, 0.5) is 0 Å². The minimum Gasteiger partial charge on any atom is -0.379 e. The number of amides is 1. The van der Waals surface area contributed by atoms with E-state index < -0.39 is 0 Å². The zero-order valence-electron chi connectivity index (χ0n) is 11.7. The van der Waals surface area contributed by atoms with Crippen molar-refractivity contribution in [3.8, 4) is 0 Å². The molecule has 0 radical (unpaired) electrons. The number of carbonyl (C=O) groups excluding carboxylic acids is 1. The van der Waals surface area contributed by atoms with E-state index in [0.29, 0.717) is 18.7 Å². The highest BCUT2D eigenvalue weighted by Gasteiger charge is 2.02. The summed E-state index contributed by atoms with van der Waals surface area (Å²) in [7, 11) is 0. The zero-order valence-corrected chi connectivity index (χ0v) is 11.7. The van der Waals surface area contributed by atoms with Crippen molar-refractivity contribution in [2.75, 3.05) is 19.7 Å². The van der Waals surface area contributed by atoms with Gasteiger partial charge in [-0.05, 0) is 40.0 Å². The summed E-state index contributed by atoms with van der Waals surface area (Å²) in [6.45, 7) is 10.2. The third-order valence-corrected chi connectivity index (χ3v) is 2.57. The molecule has 4 heteroatoms. The van der Waals surface area contributed by atoms with Crippen molar-refractivity contribution in [2.24, 2.45) is 0 Å². The summed E-state index contributed by atoms with van der Waals surface area (Å²) in [6, 6.07) is 0.403. The Morgan fingerprint density at radius 1 is 1.24 bits per heavy atom. The quantitative estimate of drug-likeness (QED) is 0.575. The van der Waals surface area contributed by atoms with Crippen molar-refractivity contribution in [2.45, 2.75) is 59.1 Å². The van der Waals surface area contributed by atoms with Crippen molar-refractivity contribution in [3.63, 3.8) is 0 Å². The average Bonchev–Trinajstić information content (AvgIpc) is 2.30. The first kappa shape index (κ1) is 16.4. The molecule has 0 saturated heterocycles. The average molecular weight is 244 g/mol. The predicted octanol–water partition coefficient (Wildman–Crippen LogP) is 1.70. The molecule has 1 atom stereocenters. The van der Waals surface area contributed by atoms with Gasteiger partial charge in [0, 0.05) is 19.2 Å². The zero-order chi connectivity index (χ0) is 13.1. The maximum atomic E-state index is 11.4. The first-order valence-electron chi connectivity index (χ1n) is 6.68. The Morgan fingerprint density at radius 2 is 1.94 bits per heavy atom. The van der Waals surface area contributed by atoms with Crippen molar-refractivity contribution >= 4 is 5.91 Å². The molecule has 0 aromatic carbocycles. The van der Waals surface area contributed by atoms with Crippen molar-refractivity contribution in [1.82, 2.24) is 10.6 Å². The van der Waals surface area contributed by atoms with Crippen LogP contribution in [-0.2, 0) is 9.53 Å². The van der Waals surface area contributed by atoms with E-state index >= 15 is 0 Å². The third-order valence-electron chi connectivity index (χ3n) is 2.57. The number of carbonyl (C=O) groups is 1. The van der Waals surface area contributed by atoms with Gasteiger partial charge in [-0.25, -0.2) is 0 Å². The SMILES string of the molecule is CCC(C)NCC(=O)NCCCCOC(C)C. The van der Waals surface area contributed by atoms with Gasteiger partial charge in [-0.3, -0.25) is 4.79 Å². The summed E-state index contributed by atoms with van der Waals surface area (Å²) in [5, 5.41) is 6.06. The summed E-state index contributed by atoms with van der Waals surface area (Å²) in [5.74, 6) is 0.0788. The Balaban J connectivity index is 3.28. The van der Waals surface area contributed by atoms with Crippen molar-refractivity contribution in [3.05, 3.63) is 0 Å². The molecule has 2 N–H and O–H groups in total. The van der Waals surface area contributed by atoms with E-state index in [9.17, 15) is 4.79 Å². The van der Waals surface area contributed by atoms with Crippen molar-refractivity contribution < 1.29 is 9.53 Å². The lowest BCUT2D eigenvalue weighted by Crippen LogP contribution is -2.38. The van der Waals surface area contributed by atoms with Crippen LogP contribution in [0, 0.1) is 0 Å². The number of ether oxygens (including phenoxy) is 1. The van der Waals surface area contributed by atoms with Crippen LogP contribution in [0.25, 0.3) is 0 Å². The van der Waals surface area contributed by atoms with Gasteiger partial charge in [-0.2, -0.15) is 0 Å². The smallest absolute Gasteiger partial charge is 0.233 e. The number of unbranched alkanes of at least 4 members (excludes halogenated alkanes) is 1. The number of hydrogen-bond donors (Lipinski definition) is 2. The van der Waals surface area contributed by atoms with Crippen LogP contribution in [0.3, 0.4) is 0 Å². The lowest BCUT2D eigenvalue weighted by Gasteiger charge is -2.11. The molecule has 0 heterocycles. The van der Waals surface area contributed by atoms with E-state index in [4.69, 9.17) is 4.74 Å². The van der Waals surface area contributed by atoms with Gasteiger partial charge in [0.05, 0.1) is 12.6 Å². The molecule has 0 aliphatic rings. The predicted molar refractivity (Wildman–Crippen MR) is 71.1 cm³/mol. The molecule has 1 unspecified atom stereocenters. The second-order valence-corrected chi connectivity index (χ2v) is 4.67. The molecule has 0 rings (SSSR count). The molecule has 102 valence electrons. The molecule has 0 spiro atoms. The standard InChI is InChI=1S/C13H28N2O2/c1-5-12(4)15-10-13(16)14-8-6-7-9-17-11(2)3/h11-12,15H,5-10H2,1-4H3,(H,14,16). The van der Waals surface area contributed by atoms with Crippen LogP contribution in [-0.4, -0.2) is 37.7 Å². The minimum absolute atomic E-state index is 0.0788. The molecule has 0 aromatic heterocycles. The lowest BCUT2D eigenvalue weighted by atomic mass is 10.2. The Labute approximate surface area is 105 Å². The van der Waals surface area contributed by atoms with E-state index in [1.54, 1.807) is 0 Å². The minimum atomic E-state index is 0.0788. The molecular weight excluding hydrogens is 216 g/mol. The highest BCUT2D eigenvalue weighted by Crippen LogP contribution is 1.93. The van der Waals surface area contributed by atoms with E-state index in [-0.39, 0.29) is 5.91 Å². The molecule has 0 saturated carbocycles. The molecule has 0 aromatic rings. The summed E-state index contributed by atoms with van der Waals surface area (Å²) in [5.41, 5.74) is 0. The normalized spacial score (nSPS) is 12.8. The van der Waals surface area contributed by atoms with Gasteiger partial charge >= 0.3 is 0 Å². The van der Waals surface area contributed by atoms with Gasteiger partial charge in [0.15, 0.2) is 0 Å². The maximum absolute atomic E-state index is 11.4. The van der Waals surface area contributed by atoms with E-state index in [1.807, 2.05) is 13.8 Å². The lowest BCUT2D eigenvalue weighted by molar-refractivity contribution is -0.120. The largest absolute Gasteiger partial charge is 0.379 e. The number of hydrogen-bond acceptors (Lipinski definition) is 3. The summed E-state index contributed by atoms with van der Waals surface area (Å²) < 4.78 is 5.42. The van der Waals surface area contributed by atoms with Gasteiger partial charge < -0.3 is 15.4 Å². The highest BCUT2D eigenvalue weighted by molar-refractivity contribution is 5.77. The molecule has 1 amide bonds. The molecule has 0 fully saturated rings. The van der Waals surface area contributed by atoms with Gasteiger partial charge in [-0.1, -0.05) is 6.92 Å².